The molecule has 6 nitrogen and oxygen atoms in total. The van der Waals surface area contributed by atoms with Crippen LogP contribution in [0.25, 0.3) is 0 Å². The minimum atomic E-state index is -0.754. The summed E-state index contributed by atoms with van der Waals surface area (Å²) in [5.74, 6) is 0.475. The molecule has 0 fully saturated rings. The standard InChI is InChI=1S/C13H11BrN2O4/c1-8(17)10-3-2-6-15-13(10)20-12-7-9(16(18)19)4-5-11(12)14/h2-8,17H,1H3. The number of aliphatic hydroxyl groups excluding tert-OH is 1. The van der Waals surface area contributed by atoms with E-state index in [1.807, 2.05) is 0 Å². The first-order valence-electron chi connectivity index (χ1n) is 5.74. The number of aliphatic hydroxyl groups is 1. The van der Waals surface area contributed by atoms with Crippen LogP contribution >= 0.6 is 15.9 Å². The van der Waals surface area contributed by atoms with Gasteiger partial charge < -0.3 is 9.84 Å². The number of benzene rings is 1. The molecular formula is C13H11BrN2O4. The number of nitro groups is 1. The fourth-order valence-corrected chi connectivity index (χ4v) is 1.92. The van der Waals surface area contributed by atoms with E-state index in [2.05, 4.69) is 20.9 Å². The number of ether oxygens (including phenoxy) is 1. The van der Waals surface area contributed by atoms with Crippen LogP contribution in [0, 0.1) is 10.1 Å². The summed E-state index contributed by atoms with van der Waals surface area (Å²) in [5, 5.41) is 20.4. The van der Waals surface area contributed by atoms with Gasteiger partial charge in [-0.05, 0) is 41.1 Å². The molecule has 2 rings (SSSR count). The van der Waals surface area contributed by atoms with Crippen LogP contribution in [0.2, 0.25) is 0 Å². The Morgan fingerprint density at radius 1 is 1.45 bits per heavy atom. The van der Waals surface area contributed by atoms with Crippen molar-refractivity contribution >= 4 is 21.6 Å². The fourth-order valence-electron chi connectivity index (χ4n) is 1.59. The molecule has 0 bridgehead atoms. The van der Waals surface area contributed by atoms with E-state index < -0.39 is 11.0 Å². The number of rotatable bonds is 4. The summed E-state index contributed by atoms with van der Waals surface area (Å²) in [6.07, 6.45) is 0.767. The summed E-state index contributed by atoms with van der Waals surface area (Å²) >= 11 is 3.26. The Labute approximate surface area is 123 Å². The molecule has 1 N–H and O–H groups in total. The molecule has 0 saturated carbocycles. The van der Waals surface area contributed by atoms with E-state index in [4.69, 9.17) is 4.74 Å². The van der Waals surface area contributed by atoms with Gasteiger partial charge in [0.15, 0.2) is 5.75 Å². The maximum Gasteiger partial charge on any atom is 0.273 e. The van der Waals surface area contributed by atoms with Crippen molar-refractivity contribution in [3.63, 3.8) is 0 Å². The second-order valence-electron chi connectivity index (χ2n) is 4.05. The number of nitro benzene ring substituents is 1. The first-order chi connectivity index (χ1) is 9.49. The lowest BCUT2D eigenvalue weighted by molar-refractivity contribution is -0.384. The van der Waals surface area contributed by atoms with Gasteiger partial charge in [-0.25, -0.2) is 4.98 Å². The number of non-ortho nitro benzene ring substituents is 1. The third-order valence-corrected chi connectivity index (χ3v) is 3.24. The predicted octanol–water partition coefficient (Wildman–Crippen LogP) is 3.60. The largest absolute Gasteiger partial charge is 0.437 e. The van der Waals surface area contributed by atoms with Crippen molar-refractivity contribution in [3.05, 3.63) is 56.7 Å². The smallest absolute Gasteiger partial charge is 0.273 e. The second-order valence-corrected chi connectivity index (χ2v) is 4.90. The third-order valence-electron chi connectivity index (χ3n) is 2.58. The van der Waals surface area contributed by atoms with Crippen LogP contribution in [-0.4, -0.2) is 15.0 Å². The number of halogens is 1. The van der Waals surface area contributed by atoms with Gasteiger partial charge in [0, 0.05) is 17.8 Å². The van der Waals surface area contributed by atoms with Gasteiger partial charge in [0.1, 0.15) is 0 Å². The van der Waals surface area contributed by atoms with Gasteiger partial charge in [0.25, 0.3) is 5.69 Å². The number of pyridine rings is 1. The normalized spacial score (nSPS) is 11.9. The second kappa shape index (κ2) is 5.98. The summed E-state index contributed by atoms with van der Waals surface area (Å²) in [6.45, 7) is 1.59. The van der Waals surface area contributed by atoms with Crippen LogP contribution in [0.4, 0.5) is 5.69 Å². The Balaban J connectivity index is 2.40. The molecule has 1 aromatic carbocycles. The number of nitrogens with zero attached hydrogens (tertiary/aromatic N) is 2. The van der Waals surface area contributed by atoms with Crippen LogP contribution in [0.15, 0.2) is 41.0 Å². The van der Waals surface area contributed by atoms with Gasteiger partial charge in [-0.2, -0.15) is 0 Å². The van der Waals surface area contributed by atoms with Crippen molar-refractivity contribution in [3.8, 4) is 11.6 Å². The van der Waals surface area contributed by atoms with E-state index in [1.54, 1.807) is 19.1 Å². The number of hydrogen-bond donors (Lipinski definition) is 1. The average Bonchev–Trinajstić information content (AvgIpc) is 2.41. The molecule has 1 heterocycles. The van der Waals surface area contributed by atoms with Gasteiger partial charge in [-0.1, -0.05) is 0 Å². The molecule has 0 amide bonds. The molecule has 20 heavy (non-hydrogen) atoms. The number of hydrogen-bond acceptors (Lipinski definition) is 5. The predicted molar refractivity (Wildman–Crippen MR) is 75.7 cm³/mol. The van der Waals surface area contributed by atoms with Gasteiger partial charge in [0.05, 0.1) is 21.6 Å². The zero-order chi connectivity index (χ0) is 14.7. The van der Waals surface area contributed by atoms with Crippen molar-refractivity contribution < 1.29 is 14.8 Å². The van der Waals surface area contributed by atoms with Crippen molar-refractivity contribution in [1.29, 1.82) is 0 Å². The summed E-state index contributed by atoms with van der Waals surface area (Å²) in [6, 6.07) is 7.55. The minimum Gasteiger partial charge on any atom is -0.437 e. The molecule has 0 radical (unpaired) electrons. The SMILES string of the molecule is CC(O)c1cccnc1Oc1cc([N+](=O)[O-])ccc1Br. The first kappa shape index (κ1) is 14.4. The highest BCUT2D eigenvalue weighted by atomic mass is 79.9. The zero-order valence-corrected chi connectivity index (χ0v) is 12.1. The lowest BCUT2D eigenvalue weighted by Crippen LogP contribution is -1.99. The Bertz CT molecular complexity index is 646. The molecule has 0 spiro atoms. The van der Waals surface area contributed by atoms with Crippen molar-refractivity contribution in [2.24, 2.45) is 0 Å². The maximum absolute atomic E-state index is 10.8. The van der Waals surface area contributed by atoms with E-state index in [1.165, 1.54) is 24.4 Å². The maximum atomic E-state index is 10.8. The van der Waals surface area contributed by atoms with Gasteiger partial charge in [0.2, 0.25) is 5.88 Å². The zero-order valence-electron chi connectivity index (χ0n) is 10.5. The highest BCUT2D eigenvalue weighted by Gasteiger charge is 2.15. The Kier molecular flexibility index (Phi) is 4.31. The fraction of sp³-hybridized carbons (Fsp3) is 0.154. The summed E-state index contributed by atoms with van der Waals surface area (Å²) < 4.78 is 6.13. The molecule has 1 atom stereocenters. The van der Waals surface area contributed by atoms with E-state index >= 15 is 0 Å². The van der Waals surface area contributed by atoms with Crippen molar-refractivity contribution in [1.82, 2.24) is 4.98 Å². The van der Waals surface area contributed by atoms with Gasteiger partial charge in [-0.15, -0.1) is 0 Å². The summed E-state index contributed by atoms with van der Waals surface area (Å²) in [5.41, 5.74) is 0.420. The molecule has 0 aliphatic rings. The van der Waals surface area contributed by atoms with Crippen LogP contribution in [0.5, 0.6) is 11.6 Å². The molecule has 0 saturated heterocycles. The third kappa shape index (κ3) is 3.12. The first-order valence-corrected chi connectivity index (χ1v) is 6.53. The summed E-state index contributed by atoms with van der Waals surface area (Å²) in [4.78, 5) is 14.3. The molecule has 0 aliphatic carbocycles. The van der Waals surface area contributed by atoms with Crippen molar-refractivity contribution in [2.75, 3.05) is 0 Å². The van der Waals surface area contributed by atoms with Crippen LogP contribution in [-0.2, 0) is 0 Å². The van der Waals surface area contributed by atoms with E-state index in [-0.39, 0.29) is 17.3 Å². The highest BCUT2D eigenvalue weighted by Crippen LogP contribution is 2.34. The number of aromatic nitrogens is 1. The molecule has 1 aromatic heterocycles. The Hall–Kier alpha value is -1.99. The van der Waals surface area contributed by atoms with Gasteiger partial charge >= 0.3 is 0 Å². The van der Waals surface area contributed by atoms with Gasteiger partial charge in [-0.3, -0.25) is 10.1 Å². The molecule has 7 heteroatoms. The summed E-state index contributed by atoms with van der Waals surface area (Å²) in [7, 11) is 0. The molecule has 104 valence electrons. The van der Waals surface area contributed by atoms with Crippen LogP contribution < -0.4 is 4.74 Å². The lowest BCUT2D eigenvalue weighted by atomic mass is 10.2. The lowest BCUT2D eigenvalue weighted by Gasteiger charge is -2.12. The topological polar surface area (TPSA) is 85.5 Å². The monoisotopic (exact) mass is 338 g/mol. The van der Waals surface area contributed by atoms with E-state index in [0.29, 0.717) is 10.0 Å². The van der Waals surface area contributed by atoms with Crippen LogP contribution in [0.3, 0.4) is 0 Å². The Morgan fingerprint density at radius 2 is 2.20 bits per heavy atom. The quantitative estimate of drug-likeness (QED) is 0.679. The molecule has 1 unspecified atom stereocenters. The molecule has 2 aromatic rings. The molecule has 0 aliphatic heterocycles. The average molecular weight is 339 g/mol. The highest BCUT2D eigenvalue weighted by molar-refractivity contribution is 9.10. The van der Waals surface area contributed by atoms with E-state index in [9.17, 15) is 15.2 Å². The van der Waals surface area contributed by atoms with Crippen molar-refractivity contribution in [2.45, 2.75) is 13.0 Å². The van der Waals surface area contributed by atoms with Crippen LogP contribution in [0.1, 0.15) is 18.6 Å². The van der Waals surface area contributed by atoms with E-state index in [0.717, 1.165) is 0 Å². The Morgan fingerprint density at radius 3 is 2.85 bits per heavy atom. The molecular weight excluding hydrogens is 328 g/mol. The minimum absolute atomic E-state index is 0.0854.